The third-order valence-electron chi connectivity index (χ3n) is 4.01. The Hall–Kier alpha value is -2.68. The monoisotopic (exact) mass is 480 g/mol. The van der Waals surface area contributed by atoms with Crippen LogP contribution in [0.3, 0.4) is 0 Å². The maximum absolute atomic E-state index is 12.2. The summed E-state index contributed by atoms with van der Waals surface area (Å²) in [6.45, 7) is 2.73. The maximum atomic E-state index is 12.2. The third kappa shape index (κ3) is 6.16. The summed E-state index contributed by atoms with van der Waals surface area (Å²) in [5, 5.41) is 19.1. The van der Waals surface area contributed by atoms with Gasteiger partial charge in [0.1, 0.15) is 11.4 Å². The van der Waals surface area contributed by atoms with Crippen LogP contribution in [-0.2, 0) is 10.8 Å². The van der Waals surface area contributed by atoms with E-state index >= 15 is 0 Å². The van der Waals surface area contributed by atoms with E-state index < -0.39 is 9.35 Å². The largest absolute Gasteiger partial charge is 0.494 e. The van der Waals surface area contributed by atoms with Gasteiger partial charge in [-0.1, -0.05) is 41.7 Å². The van der Waals surface area contributed by atoms with Gasteiger partial charge in [0.15, 0.2) is 5.69 Å². The number of aryl methyl sites for hydroxylation is 1. The number of ether oxygens (including phenoxy) is 1. The second-order valence-corrected chi connectivity index (χ2v) is 8.74. The van der Waals surface area contributed by atoms with Crippen LogP contribution in [0.2, 0.25) is 0 Å². The van der Waals surface area contributed by atoms with Crippen LogP contribution in [0.5, 0.6) is 5.75 Å². The lowest BCUT2D eigenvalue weighted by Gasteiger charge is -2.07. The Bertz CT molecular complexity index is 1130. The summed E-state index contributed by atoms with van der Waals surface area (Å²) in [7, 11) is 1.49. The molecule has 1 N–H and O–H groups in total. The van der Waals surface area contributed by atoms with Crippen molar-refractivity contribution >= 4 is 57.6 Å². The number of rotatable bonds is 7. The van der Waals surface area contributed by atoms with E-state index in [1.807, 2.05) is 24.3 Å². The number of hydrogen-bond donors (Lipinski definition) is 1. The normalized spacial score (nSPS) is 12.2. The van der Waals surface area contributed by atoms with Gasteiger partial charge in [0.2, 0.25) is 3.79 Å². The van der Waals surface area contributed by atoms with Crippen molar-refractivity contribution in [3.63, 3.8) is 0 Å². The quantitative estimate of drug-likeness (QED) is 0.286. The number of azo groups is 2. The minimum absolute atomic E-state index is 0.0466. The average molecular weight is 482 g/mol. The van der Waals surface area contributed by atoms with Gasteiger partial charge in [-0.15, -0.1) is 5.11 Å². The first-order valence-electron chi connectivity index (χ1n) is 9.30. The minimum Gasteiger partial charge on any atom is -0.494 e. The molecule has 0 fully saturated rings. The molecular formula is C20H19Cl3N6O2. The molecule has 0 bridgehead atoms. The molecule has 0 aliphatic heterocycles. The summed E-state index contributed by atoms with van der Waals surface area (Å²) < 4.78 is 4.87. The zero-order chi connectivity index (χ0) is 22.4. The van der Waals surface area contributed by atoms with E-state index in [9.17, 15) is 4.79 Å². The Morgan fingerprint density at radius 2 is 1.39 bits per heavy atom. The molecule has 0 spiro atoms. The fraction of sp³-hybridized carbons (Fsp3) is 0.250. The van der Waals surface area contributed by atoms with Crippen LogP contribution >= 0.6 is 34.8 Å². The van der Waals surface area contributed by atoms with Gasteiger partial charge in [-0.25, -0.2) is 0 Å². The number of benzene rings is 2. The van der Waals surface area contributed by atoms with Crippen molar-refractivity contribution in [1.29, 1.82) is 0 Å². The first-order chi connectivity index (χ1) is 14.8. The number of halogens is 3. The summed E-state index contributed by atoms with van der Waals surface area (Å²) in [6, 6.07) is 14.2. The molecular weight excluding hydrogens is 463 g/mol. The molecule has 162 valence electrons. The van der Waals surface area contributed by atoms with Gasteiger partial charge in [-0.2, -0.15) is 15.3 Å². The number of nitrogens with zero attached hydrogens (tertiary/aromatic N) is 5. The van der Waals surface area contributed by atoms with E-state index in [0.717, 1.165) is 16.9 Å². The molecule has 0 saturated heterocycles. The van der Waals surface area contributed by atoms with Crippen molar-refractivity contribution in [1.82, 2.24) is 9.78 Å². The third-order valence-corrected chi connectivity index (χ3v) is 4.58. The average Bonchev–Trinajstić information content (AvgIpc) is 3.05. The summed E-state index contributed by atoms with van der Waals surface area (Å²) in [5.74, 6) is 0.797. The molecule has 3 aromatic rings. The number of aromatic amines is 1. The van der Waals surface area contributed by atoms with Crippen LogP contribution in [0.4, 0.5) is 22.7 Å². The van der Waals surface area contributed by atoms with Crippen LogP contribution in [-0.4, -0.2) is 16.4 Å². The topological polar surface area (TPSA) is 96.5 Å². The summed E-state index contributed by atoms with van der Waals surface area (Å²) in [4.78, 5) is 12.2. The highest BCUT2D eigenvalue weighted by Gasteiger charge is 2.31. The van der Waals surface area contributed by atoms with Crippen molar-refractivity contribution in [3.8, 4) is 5.75 Å². The number of nitrogens with one attached hydrogen (secondary N) is 1. The molecule has 3 rings (SSSR count). The molecule has 0 atom stereocenters. The molecule has 0 unspecified atom stereocenters. The van der Waals surface area contributed by atoms with E-state index in [2.05, 4.69) is 32.5 Å². The lowest BCUT2D eigenvalue weighted by Crippen LogP contribution is -2.10. The van der Waals surface area contributed by atoms with E-state index in [0.29, 0.717) is 23.7 Å². The van der Waals surface area contributed by atoms with E-state index in [1.54, 1.807) is 24.3 Å². The Labute approximate surface area is 193 Å². The van der Waals surface area contributed by atoms with Gasteiger partial charge in [-0.3, -0.25) is 14.6 Å². The van der Waals surface area contributed by atoms with Crippen molar-refractivity contribution in [2.45, 2.75) is 17.1 Å². The highest BCUT2D eigenvalue weighted by Crippen LogP contribution is 2.40. The molecule has 0 aliphatic carbocycles. The van der Waals surface area contributed by atoms with E-state index in [4.69, 9.17) is 39.5 Å². The minimum atomic E-state index is -1.83. The number of hydrogen-bond acceptors (Lipinski definition) is 6. The predicted octanol–water partition coefficient (Wildman–Crippen LogP) is 7.16. The van der Waals surface area contributed by atoms with Crippen molar-refractivity contribution in [2.75, 3.05) is 6.61 Å². The van der Waals surface area contributed by atoms with Gasteiger partial charge in [-0.05, 0) is 55.0 Å². The highest BCUT2D eigenvalue weighted by atomic mass is 35.6. The van der Waals surface area contributed by atoms with Crippen LogP contribution in [0.1, 0.15) is 19.0 Å². The van der Waals surface area contributed by atoms with Crippen molar-refractivity contribution in [2.24, 2.45) is 27.5 Å². The van der Waals surface area contributed by atoms with E-state index in [1.165, 1.54) is 7.05 Å². The van der Waals surface area contributed by atoms with Crippen molar-refractivity contribution < 1.29 is 4.74 Å². The van der Waals surface area contributed by atoms with Gasteiger partial charge < -0.3 is 4.74 Å². The molecule has 1 aromatic heterocycles. The van der Waals surface area contributed by atoms with Crippen molar-refractivity contribution in [3.05, 3.63) is 64.6 Å². The zero-order valence-electron chi connectivity index (χ0n) is 16.7. The number of alkyl halides is 3. The lowest BCUT2D eigenvalue weighted by atomic mass is 10.3. The summed E-state index contributed by atoms with van der Waals surface area (Å²) in [5.41, 5.74) is 1.35. The lowest BCUT2D eigenvalue weighted by molar-refractivity contribution is 0.317. The summed E-state index contributed by atoms with van der Waals surface area (Å²) in [6.07, 6.45) is 0.951. The predicted molar refractivity (Wildman–Crippen MR) is 122 cm³/mol. The molecule has 0 radical (unpaired) electrons. The second kappa shape index (κ2) is 10.1. The maximum Gasteiger partial charge on any atom is 0.294 e. The molecule has 1 heterocycles. The van der Waals surface area contributed by atoms with Gasteiger partial charge in [0.25, 0.3) is 5.56 Å². The Morgan fingerprint density at radius 1 is 0.903 bits per heavy atom. The van der Waals surface area contributed by atoms with Gasteiger partial charge in [0.05, 0.1) is 23.7 Å². The molecule has 11 heteroatoms. The molecule has 8 nitrogen and oxygen atoms in total. The zero-order valence-corrected chi connectivity index (χ0v) is 19.0. The van der Waals surface area contributed by atoms with E-state index in [-0.39, 0.29) is 11.4 Å². The molecule has 31 heavy (non-hydrogen) atoms. The number of H-pyrrole nitrogens is 1. The van der Waals surface area contributed by atoms with Crippen LogP contribution in [0.25, 0.3) is 0 Å². The molecule has 0 saturated carbocycles. The van der Waals surface area contributed by atoms with Gasteiger partial charge in [0, 0.05) is 7.05 Å². The standard InChI is InChI=1S/C20H19Cl3N6O2/c1-3-12-31-16-10-8-15(9-11-16)25-24-13-4-6-14(7-5-13)26-27-17-18(20(21,22)23)28-29(2)19(17)30/h4-11,28H,3,12H2,1-2H3. The van der Waals surface area contributed by atoms with Crippen LogP contribution in [0, 0.1) is 0 Å². The fourth-order valence-corrected chi connectivity index (χ4v) is 2.86. The first kappa shape index (κ1) is 23.0. The Balaban J connectivity index is 1.70. The first-order valence-corrected chi connectivity index (χ1v) is 10.4. The van der Waals surface area contributed by atoms with Crippen LogP contribution < -0.4 is 10.3 Å². The molecule has 0 amide bonds. The molecule has 0 aliphatic rings. The Morgan fingerprint density at radius 3 is 1.87 bits per heavy atom. The Kier molecular flexibility index (Phi) is 7.48. The van der Waals surface area contributed by atoms with Gasteiger partial charge >= 0.3 is 0 Å². The smallest absolute Gasteiger partial charge is 0.294 e. The van der Waals surface area contributed by atoms with Crippen LogP contribution in [0.15, 0.2) is 73.8 Å². The SMILES string of the molecule is CCCOc1ccc(N=Nc2ccc(N=Nc3c(C(Cl)(Cl)Cl)[nH]n(C)c3=O)cc2)cc1. The fourth-order valence-electron chi connectivity index (χ4n) is 2.47. The highest BCUT2D eigenvalue weighted by molar-refractivity contribution is 6.66. The number of aromatic nitrogens is 2. The second-order valence-electron chi connectivity index (χ2n) is 6.46. The summed E-state index contributed by atoms with van der Waals surface area (Å²) >= 11 is 17.7. The molecule has 2 aromatic carbocycles.